The molecule has 2 aliphatic carbocycles. The predicted octanol–water partition coefficient (Wildman–Crippen LogP) is 1.53. The van der Waals surface area contributed by atoms with Gasteiger partial charge in [-0.25, -0.2) is 0 Å². The van der Waals surface area contributed by atoms with Gasteiger partial charge in [-0.15, -0.1) is 0 Å². The smallest absolute Gasteiger partial charge is 0.0468 e. The summed E-state index contributed by atoms with van der Waals surface area (Å²) in [6, 6.07) is 0.858. The van der Waals surface area contributed by atoms with E-state index in [2.05, 4.69) is 10.6 Å². The molecule has 0 aromatic rings. The van der Waals surface area contributed by atoms with Crippen molar-refractivity contribution in [3.63, 3.8) is 0 Å². The Morgan fingerprint density at radius 1 is 1.25 bits per heavy atom. The van der Waals surface area contributed by atoms with Gasteiger partial charge in [0, 0.05) is 26.3 Å². The molecule has 0 atom stereocenters. The van der Waals surface area contributed by atoms with Crippen LogP contribution in [0, 0.1) is 5.41 Å². The van der Waals surface area contributed by atoms with Crippen molar-refractivity contribution < 1.29 is 4.74 Å². The fourth-order valence-electron chi connectivity index (χ4n) is 2.17. The predicted molar refractivity (Wildman–Crippen MR) is 66.7 cm³/mol. The standard InChI is InChI=1S/C13H26N2O/c1-16-10-7-13(5-6-13)11-14-8-2-9-15-12-3-4-12/h12,14-15H,2-11H2,1H3. The maximum atomic E-state index is 5.16. The number of hydrogen-bond donors (Lipinski definition) is 2. The van der Waals surface area contributed by atoms with Crippen molar-refractivity contribution >= 4 is 0 Å². The number of ether oxygens (including phenoxy) is 1. The molecule has 0 bridgehead atoms. The molecule has 3 heteroatoms. The molecular weight excluding hydrogens is 200 g/mol. The van der Waals surface area contributed by atoms with Crippen molar-refractivity contribution in [3.05, 3.63) is 0 Å². The van der Waals surface area contributed by atoms with Crippen LogP contribution < -0.4 is 10.6 Å². The molecule has 2 fully saturated rings. The Kier molecular flexibility index (Phi) is 4.62. The monoisotopic (exact) mass is 226 g/mol. The van der Waals surface area contributed by atoms with Gasteiger partial charge in [0.05, 0.1) is 0 Å². The van der Waals surface area contributed by atoms with Crippen LogP contribution >= 0.6 is 0 Å². The molecule has 2 N–H and O–H groups in total. The van der Waals surface area contributed by atoms with Crippen molar-refractivity contribution in [1.82, 2.24) is 10.6 Å². The number of rotatable bonds is 10. The lowest BCUT2D eigenvalue weighted by Crippen LogP contribution is -2.28. The van der Waals surface area contributed by atoms with Crippen molar-refractivity contribution in [3.8, 4) is 0 Å². The van der Waals surface area contributed by atoms with Crippen molar-refractivity contribution in [1.29, 1.82) is 0 Å². The maximum absolute atomic E-state index is 5.16. The molecule has 0 aromatic carbocycles. The highest BCUT2D eigenvalue weighted by Gasteiger charge is 2.41. The summed E-state index contributed by atoms with van der Waals surface area (Å²) in [4.78, 5) is 0. The maximum Gasteiger partial charge on any atom is 0.0468 e. The van der Waals surface area contributed by atoms with Crippen LogP contribution in [0.25, 0.3) is 0 Å². The molecular formula is C13H26N2O. The van der Waals surface area contributed by atoms with Crippen LogP contribution in [-0.4, -0.2) is 39.4 Å². The molecule has 0 aromatic heterocycles. The molecule has 0 unspecified atom stereocenters. The summed E-state index contributed by atoms with van der Waals surface area (Å²) >= 11 is 0. The van der Waals surface area contributed by atoms with Crippen molar-refractivity contribution in [2.75, 3.05) is 33.4 Å². The van der Waals surface area contributed by atoms with Gasteiger partial charge in [0.2, 0.25) is 0 Å². The molecule has 0 radical (unpaired) electrons. The highest BCUT2D eigenvalue weighted by molar-refractivity contribution is 4.94. The molecule has 2 aliphatic rings. The summed E-state index contributed by atoms with van der Waals surface area (Å²) in [6.45, 7) is 4.46. The van der Waals surface area contributed by atoms with E-state index in [0.717, 1.165) is 19.2 Å². The van der Waals surface area contributed by atoms with Gasteiger partial charge in [-0.1, -0.05) is 0 Å². The molecule has 0 heterocycles. The first-order valence-corrected chi connectivity index (χ1v) is 6.78. The Balaban J connectivity index is 1.41. The Morgan fingerprint density at radius 3 is 2.69 bits per heavy atom. The first-order chi connectivity index (χ1) is 7.85. The first kappa shape index (κ1) is 12.3. The molecule has 3 nitrogen and oxygen atoms in total. The molecule has 16 heavy (non-hydrogen) atoms. The SMILES string of the molecule is COCCC1(CNCCCNC2CC2)CC1. The van der Waals surface area contributed by atoms with E-state index < -0.39 is 0 Å². The second kappa shape index (κ2) is 5.99. The van der Waals surface area contributed by atoms with Crippen molar-refractivity contribution in [2.24, 2.45) is 5.41 Å². The topological polar surface area (TPSA) is 33.3 Å². The Bertz CT molecular complexity index is 200. The minimum Gasteiger partial charge on any atom is -0.385 e. The normalized spacial score (nSPS) is 22.3. The van der Waals surface area contributed by atoms with Gasteiger partial charge < -0.3 is 15.4 Å². The van der Waals surface area contributed by atoms with E-state index in [1.807, 2.05) is 0 Å². The largest absolute Gasteiger partial charge is 0.385 e. The second-order valence-electron chi connectivity index (χ2n) is 5.50. The number of hydrogen-bond acceptors (Lipinski definition) is 3. The highest BCUT2D eigenvalue weighted by atomic mass is 16.5. The summed E-state index contributed by atoms with van der Waals surface area (Å²) in [7, 11) is 1.80. The number of nitrogens with one attached hydrogen (secondary N) is 2. The van der Waals surface area contributed by atoms with Gasteiger partial charge in [0.25, 0.3) is 0 Å². The third-order valence-electron chi connectivity index (χ3n) is 3.83. The van der Waals surface area contributed by atoms with Crippen LogP contribution in [0.1, 0.15) is 38.5 Å². The average molecular weight is 226 g/mol. The van der Waals surface area contributed by atoms with Crippen molar-refractivity contribution in [2.45, 2.75) is 44.6 Å². The van der Waals surface area contributed by atoms with Crippen LogP contribution in [-0.2, 0) is 4.74 Å². The van der Waals surface area contributed by atoms with Gasteiger partial charge in [-0.2, -0.15) is 0 Å². The van der Waals surface area contributed by atoms with Gasteiger partial charge >= 0.3 is 0 Å². The molecule has 2 saturated carbocycles. The van der Waals surface area contributed by atoms with Gasteiger partial charge in [0.15, 0.2) is 0 Å². The summed E-state index contributed by atoms with van der Waals surface area (Å²) < 4.78 is 5.16. The van der Waals surface area contributed by atoms with E-state index in [9.17, 15) is 0 Å². The first-order valence-electron chi connectivity index (χ1n) is 6.78. The summed E-state index contributed by atoms with van der Waals surface area (Å²) in [5, 5.41) is 7.14. The molecule has 2 rings (SSSR count). The quantitative estimate of drug-likeness (QED) is 0.554. The Morgan fingerprint density at radius 2 is 2.06 bits per heavy atom. The number of methoxy groups -OCH3 is 1. The molecule has 0 saturated heterocycles. The van der Waals surface area contributed by atoms with Crippen LogP contribution in [0.3, 0.4) is 0 Å². The van der Waals surface area contributed by atoms with Crippen LogP contribution in [0.2, 0.25) is 0 Å². The van der Waals surface area contributed by atoms with Crippen LogP contribution in [0.4, 0.5) is 0 Å². The van der Waals surface area contributed by atoms with E-state index >= 15 is 0 Å². The van der Waals surface area contributed by atoms with Crippen LogP contribution in [0.5, 0.6) is 0 Å². The zero-order valence-electron chi connectivity index (χ0n) is 10.6. The van der Waals surface area contributed by atoms with E-state index in [-0.39, 0.29) is 0 Å². The summed E-state index contributed by atoms with van der Waals surface area (Å²) in [5.74, 6) is 0. The van der Waals surface area contributed by atoms with E-state index in [4.69, 9.17) is 4.74 Å². The molecule has 0 amide bonds. The highest BCUT2D eigenvalue weighted by Crippen LogP contribution is 2.48. The average Bonchev–Trinajstić information content (AvgIpc) is 3.17. The minimum absolute atomic E-state index is 0.597. The zero-order chi connectivity index (χ0) is 11.3. The minimum atomic E-state index is 0.597. The zero-order valence-corrected chi connectivity index (χ0v) is 10.6. The Hall–Kier alpha value is -0.120. The Labute approximate surface area is 99.3 Å². The third-order valence-corrected chi connectivity index (χ3v) is 3.83. The lowest BCUT2D eigenvalue weighted by molar-refractivity contribution is 0.171. The lowest BCUT2D eigenvalue weighted by atomic mass is 10.0. The third kappa shape index (κ3) is 4.40. The molecule has 0 aliphatic heterocycles. The van der Waals surface area contributed by atoms with E-state index in [1.54, 1.807) is 7.11 Å². The van der Waals surface area contributed by atoms with Gasteiger partial charge in [0.1, 0.15) is 0 Å². The fraction of sp³-hybridized carbons (Fsp3) is 1.00. The lowest BCUT2D eigenvalue weighted by Gasteiger charge is -2.15. The fourth-order valence-corrected chi connectivity index (χ4v) is 2.17. The molecule has 94 valence electrons. The summed E-state index contributed by atoms with van der Waals surface area (Å²) in [6.07, 6.45) is 8.07. The van der Waals surface area contributed by atoms with E-state index in [0.29, 0.717) is 5.41 Å². The second-order valence-corrected chi connectivity index (χ2v) is 5.50. The van der Waals surface area contributed by atoms with Gasteiger partial charge in [-0.05, 0) is 57.0 Å². The van der Waals surface area contributed by atoms with E-state index in [1.165, 1.54) is 51.6 Å². The molecule has 0 spiro atoms. The van der Waals surface area contributed by atoms with Crippen LogP contribution in [0.15, 0.2) is 0 Å². The summed E-state index contributed by atoms with van der Waals surface area (Å²) in [5.41, 5.74) is 0.597. The van der Waals surface area contributed by atoms with Gasteiger partial charge in [-0.3, -0.25) is 0 Å².